The molecule has 1 atom stereocenters. The normalized spacial score (nSPS) is 15.6. The van der Waals surface area contributed by atoms with E-state index in [1.807, 2.05) is 6.07 Å². The lowest BCUT2D eigenvalue weighted by Crippen LogP contribution is -2.32. The molecule has 0 saturated heterocycles. The molecule has 4 nitrogen and oxygen atoms in total. The Kier molecular flexibility index (Phi) is 12.7. The standard InChI is InChI=1S/C20H33N3O.2ClH/c1-3-12-23(13-4-2)14-6-9-20(24)22-19-8-5-7-16-15-17(21)10-11-18(16)19;;/h10-11,15,19H,3-9,12-14,21H2,1-2H3,(H,22,24);2*1H. The van der Waals surface area contributed by atoms with Crippen molar-refractivity contribution in [2.24, 2.45) is 0 Å². The van der Waals surface area contributed by atoms with Gasteiger partial charge in [0.15, 0.2) is 0 Å². The molecule has 150 valence electrons. The summed E-state index contributed by atoms with van der Waals surface area (Å²) >= 11 is 0. The maximum Gasteiger partial charge on any atom is 0.220 e. The maximum absolute atomic E-state index is 12.3. The molecule has 6 heteroatoms. The van der Waals surface area contributed by atoms with Crippen molar-refractivity contribution in [2.75, 3.05) is 25.4 Å². The summed E-state index contributed by atoms with van der Waals surface area (Å²) in [4.78, 5) is 14.8. The van der Waals surface area contributed by atoms with Gasteiger partial charge in [0, 0.05) is 12.1 Å². The molecule has 1 aromatic carbocycles. The van der Waals surface area contributed by atoms with Crippen molar-refractivity contribution in [3.05, 3.63) is 29.3 Å². The second-order valence-corrected chi connectivity index (χ2v) is 6.92. The minimum Gasteiger partial charge on any atom is -0.399 e. The zero-order valence-corrected chi connectivity index (χ0v) is 17.8. The van der Waals surface area contributed by atoms with Crippen LogP contribution in [-0.4, -0.2) is 30.4 Å². The van der Waals surface area contributed by atoms with Crippen LogP contribution in [0.15, 0.2) is 18.2 Å². The molecule has 0 saturated carbocycles. The Hall–Kier alpha value is -0.970. The van der Waals surface area contributed by atoms with Crippen LogP contribution in [0.4, 0.5) is 5.69 Å². The molecule has 26 heavy (non-hydrogen) atoms. The van der Waals surface area contributed by atoms with E-state index in [4.69, 9.17) is 5.73 Å². The van der Waals surface area contributed by atoms with Crippen LogP contribution in [0.1, 0.15) is 69.5 Å². The number of aryl methyl sites for hydroxylation is 1. The van der Waals surface area contributed by atoms with Crippen LogP contribution < -0.4 is 11.1 Å². The molecule has 1 amide bonds. The van der Waals surface area contributed by atoms with Gasteiger partial charge in [-0.05, 0) is 81.4 Å². The number of anilines is 1. The van der Waals surface area contributed by atoms with Crippen LogP contribution in [-0.2, 0) is 11.2 Å². The average molecular weight is 404 g/mol. The molecule has 0 spiro atoms. The quantitative estimate of drug-likeness (QED) is 0.596. The Morgan fingerprint density at radius 2 is 1.88 bits per heavy atom. The van der Waals surface area contributed by atoms with Gasteiger partial charge in [-0.2, -0.15) is 0 Å². The molecule has 0 heterocycles. The van der Waals surface area contributed by atoms with E-state index in [0.717, 1.165) is 51.0 Å². The topological polar surface area (TPSA) is 58.4 Å². The number of carbonyl (C=O) groups excluding carboxylic acids is 1. The summed E-state index contributed by atoms with van der Waals surface area (Å²) < 4.78 is 0. The first-order valence-electron chi connectivity index (χ1n) is 9.54. The monoisotopic (exact) mass is 403 g/mol. The lowest BCUT2D eigenvalue weighted by molar-refractivity contribution is -0.122. The minimum absolute atomic E-state index is 0. The number of nitrogen functional groups attached to an aromatic ring is 1. The third-order valence-electron chi connectivity index (χ3n) is 4.77. The molecule has 0 bridgehead atoms. The molecular formula is C20H35Cl2N3O. The van der Waals surface area contributed by atoms with Crippen LogP contribution in [0.3, 0.4) is 0 Å². The van der Waals surface area contributed by atoms with E-state index < -0.39 is 0 Å². The van der Waals surface area contributed by atoms with E-state index in [1.165, 1.54) is 24.0 Å². The van der Waals surface area contributed by atoms with Gasteiger partial charge in [-0.25, -0.2) is 0 Å². The van der Waals surface area contributed by atoms with Gasteiger partial charge in [-0.15, -0.1) is 24.8 Å². The number of halogens is 2. The fourth-order valence-electron chi connectivity index (χ4n) is 3.68. The van der Waals surface area contributed by atoms with Gasteiger partial charge in [0.2, 0.25) is 5.91 Å². The number of carbonyl (C=O) groups is 1. The molecule has 3 N–H and O–H groups in total. The van der Waals surface area contributed by atoms with Gasteiger partial charge in [-0.3, -0.25) is 4.79 Å². The first kappa shape index (κ1) is 25.0. The number of nitrogens with one attached hydrogen (secondary N) is 1. The van der Waals surface area contributed by atoms with Crippen molar-refractivity contribution in [3.63, 3.8) is 0 Å². The van der Waals surface area contributed by atoms with E-state index in [0.29, 0.717) is 6.42 Å². The summed E-state index contributed by atoms with van der Waals surface area (Å²) in [5.74, 6) is 0.178. The van der Waals surface area contributed by atoms with Crippen molar-refractivity contribution < 1.29 is 4.79 Å². The summed E-state index contributed by atoms with van der Waals surface area (Å²) in [5.41, 5.74) is 9.24. The first-order valence-corrected chi connectivity index (χ1v) is 9.54. The summed E-state index contributed by atoms with van der Waals surface area (Å²) in [5, 5.41) is 3.23. The molecule has 0 radical (unpaired) electrons. The largest absolute Gasteiger partial charge is 0.399 e. The third kappa shape index (κ3) is 7.73. The molecular weight excluding hydrogens is 369 g/mol. The Bertz CT molecular complexity index is 534. The van der Waals surface area contributed by atoms with E-state index in [1.54, 1.807) is 0 Å². The van der Waals surface area contributed by atoms with Crippen LogP contribution in [0, 0.1) is 0 Å². The number of hydrogen-bond donors (Lipinski definition) is 2. The SMILES string of the molecule is CCCN(CCC)CCCC(=O)NC1CCCc2cc(N)ccc21.Cl.Cl. The van der Waals surface area contributed by atoms with Crippen molar-refractivity contribution >= 4 is 36.4 Å². The van der Waals surface area contributed by atoms with Crippen molar-refractivity contribution in [1.82, 2.24) is 10.2 Å². The molecule has 0 fully saturated rings. The average Bonchev–Trinajstić information content (AvgIpc) is 2.55. The zero-order chi connectivity index (χ0) is 17.4. The van der Waals surface area contributed by atoms with Crippen LogP contribution in [0.25, 0.3) is 0 Å². The minimum atomic E-state index is 0. The number of fused-ring (bicyclic) bond motifs is 1. The number of rotatable bonds is 9. The molecule has 0 aromatic heterocycles. The molecule has 2 rings (SSSR count). The highest BCUT2D eigenvalue weighted by atomic mass is 35.5. The second-order valence-electron chi connectivity index (χ2n) is 6.92. The predicted molar refractivity (Wildman–Crippen MR) is 115 cm³/mol. The Balaban J connectivity index is 0.00000312. The van der Waals surface area contributed by atoms with E-state index >= 15 is 0 Å². The summed E-state index contributed by atoms with van der Waals surface area (Å²) in [6.45, 7) is 7.71. The van der Waals surface area contributed by atoms with Gasteiger partial charge in [-0.1, -0.05) is 19.9 Å². The molecule has 1 aliphatic carbocycles. The fraction of sp³-hybridized carbons (Fsp3) is 0.650. The highest BCUT2D eigenvalue weighted by Gasteiger charge is 2.21. The summed E-state index contributed by atoms with van der Waals surface area (Å²) in [6.07, 6.45) is 7.11. The van der Waals surface area contributed by atoms with Gasteiger partial charge in [0.25, 0.3) is 0 Å². The molecule has 1 aliphatic rings. The van der Waals surface area contributed by atoms with Crippen molar-refractivity contribution in [3.8, 4) is 0 Å². The Morgan fingerprint density at radius 1 is 1.19 bits per heavy atom. The van der Waals surface area contributed by atoms with Crippen LogP contribution in [0.2, 0.25) is 0 Å². The highest BCUT2D eigenvalue weighted by Crippen LogP contribution is 2.31. The first-order chi connectivity index (χ1) is 11.6. The van der Waals surface area contributed by atoms with Crippen LogP contribution >= 0.6 is 24.8 Å². The van der Waals surface area contributed by atoms with Gasteiger partial charge in [0.1, 0.15) is 0 Å². The zero-order valence-electron chi connectivity index (χ0n) is 16.1. The number of nitrogens with two attached hydrogens (primary N) is 1. The lowest BCUT2D eigenvalue weighted by Gasteiger charge is -2.27. The number of amides is 1. The molecule has 1 unspecified atom stereocenters. The highest BCUT2D eigenvalue weighted by molar-refractivity contribution is 5.85. The fourth-order valence-corrected chi connectivity index (χ4v) is 3.68. The Labute approximate surface area is 171 Å². The molecule has 0 aliphatic heterocycles. The van der Waals surface area contributed by atoms with Crippen molar-refractivity contribution in [2.45, 2.75) is 64.8 Å². The van der Waals surface area contributed by atoms with E-state index in [9.17, 15) is 4.79 Å². The molecule has 1 aromatic rings. The van der Waals surface area contributed by atoms with Gasteiger partial charge >= 0.3 is 0 Å². The van der Waals surface area contributed by atoms with E-state index in [2.05, 4.69) is 36.2 Å². The number of nitrogens with zero attached hydrogens (tertiary/aromatic N) is 1. The number of benzene rings is 1. The van der Waals surface area contributed by atoms with Gasteiger partial charge < -0.3 is 16.0 Å². The Morgan fingerprint density at radius 3 is 2.54 bits per heavy atom. The summed E-state index contributed by atoms with van der Waals surface area (Å²) in [7, 11) is 0. The predicted octanol–water partition coefficient (Wildman–Crippen LogP) is 4.51. The van der Waals surface area contributed by atoms with Gasteiger partial charge in [0.05, 0.1) is 6.04 Å². The maximum atomic E-state index is 12.3. The van der Waals surface area contributed by atoms with E-state index in [-0.39, 0.29) is 36.8 Å². The van der Waals surface area contributed by atoms with Crippen molar-refractivity contribution in [1.29, 1.82) is 0 Å². The second kappa shape index (κ2) is 13.2. The number of hydrogen-bond acceptors (Lipinski definition) is 3. The third-order valence-corrected chi connectivity index (χ3v) is 4.77. The lowest BCUT2D eigenvalue weighted by atomic mass is 9.87. The summed E-state index contributed by atoms with van der Waals surface area (Å²) in [6, 6.07) is 6.24. The smallest absolute Gasteiger partial charge is 0.220 e. The van der Waals surface area contributed by atoms with Crippen LogP contribution in [0.5, 0.6) is 0 Å².